The van der Waals surface area contributed by atoms with Gasteiger partial charge in [-0.25, -0.2) is 0 Å². The molecule has 0 saturated carbocycles. The molecule has 0 atom stereocenters. The molecule has 0 heterocycles. The van der Waals surface area contributed by atoms with Crippen LogP contribution in [0, 0.1) is 6.92 Å². The van der Waals surface area contributed by atoms with Crippen molar-refractivity contribution in [3.05, 3.63) is 41.5 Å². The van der Waals surface area contributed by atoms with Crippen LogP contribution in [-0.2, 0) is 0 Å². The largest absolute Gasteiger partial charge is 0.507 e. The zero-order valence-corrected chi connectivity index (χ0v) is 7.82. The highest BCUT2D eigenvalue weighted by atomic mass is 16.3. The van der Waals surface area contributed by atoms with Gasteiger partial charge >= 0.3 is 0 Å². The van der Waals surface area contributed by atoms with E-state index in [1.54, 1.807) is 6.07 Å². The van der Waals surface area contributed by atoms with Crippen molar-refractivity contribution in [3.8, 4) is 5.75 Å². The van der Waals surface area contributed by atoms with Gasteiger partial charge in [0.15, 0.2) is 6.29 Å². The van der Waals surface area contributed by atoms with Gasteiger partial charge in [0, 0.05) is 5.39 Å². The summed E-state index contributed by atoms with van der Waals surface area (Å²) in [6.45, 7) is 1.97. The van der Waals surface area contributed by atoms with Crippen molar-refractivity contribution in [2.45, 2.75) is 6.92 Å². The molecule has 2 aromatic rings. The Morgan fingerprint density at radius 2 is 1.93 bits per heavy atom. The summed E-state index contributed by atoms with van der Waals surface area (Å²) in [6.07, 6.45) is 0.664. The minimum absolute atomic E-state index is 0.0706. The molecule has 0 saturated heterocycles. The molecule has 0 amide bonds. The van der Waals surface area contributed by atoms with Crippen LogP contribution in [0.5, 0.6) is 5.75 Å². The van der Waals surface area contributed by atoms with E-state index in [4.69, 9.17) is 0 Å². The summed E-state index contributed by atoms with van der Waals surface area (Å²) in [6, 6.07) is 9.14. The van der Waals surface area contributed by atoms with Crippen LogP contribution in [0.25, 0.3) is 10.8 Å². The maximum Gasteiger partial charge on any atom is 0.153 e. The van der Waals surface area contributed by atoms with Crippen LogP contribution in [0.4, 0.5) is 0 Å². The van der Waals surface area contributed by atoms with Gasteiger partial charge < -0.3 is 5.11 Å². The number of phenolic OH excluding ortho intramolecular Hbond substituents is 1. The van der Waals surface area contributed by atoms with Crippen molar-refractivity contribution in [1.82, 2.24) is 0 Å². The molecule has 0 unspecified atom stereocenters. The Morgan fingerprint density at radius 1 is 1.14 bits per heavy atom. The summed E-state index contributed by atoms with van der Waals surface area (Å²) in [7, 11) is 0. The van der Waals surface area contributed by atoms with Crippen molar-refractivity contribution in [2.75, 3.05) is 0 Å². The first-order chi connectivity index (χ1) is 6.74. The smallest absolute Gasteiger partial charge is 0.153 e. The Hall–Kier alpha value is -1.83. The molecule has 2 rings (SSSR count). The monoisotopic (exact) mass is 186 g/mol. The number of carbonyl (C=O) groups is 1. The fourth-order valence-corrected chi connectivity index (χ4v) is 1.61. The predicted molar refractivity (Wildman–Crippen MR) is 55.7 cm³/mol. The average Bonchev–Trinajstić information content (AvgIpc) is 2.20. The molecule has 70 valence electrons. The SMILES string of the molecule is Cc1cccc2c(O)c(C=O)ccc12. The summed E-state index contributed by atoms with van der Waals surface area (Å²) in [5.41, 5.74) is 1.43. The maximum atomic E-state index is 10.6. The van der Waals surface area contributed by atoms with Crippen LogP contribution < -0.4 is 0 Å². The van der Waals surface area contributed by atoms with Crippen LogP contribution in [0.1, 0.15) is 15.9 Å². The summed E-state index contributed by atoms with van der Waals surface area (Å²) in [5, 5.41) is 11.5. The molecule has 0 aliphatic rings. The van der Waals surface area contributed by atoms with E-state index in [-0.39, 0.29) is 5.75 Å². The molecule has 2 nitrogen and oxygen atoms in total. The van der Waals surface area contributed by atoms with Crippen molar-refractivity contribution < 1.29 is 9.90 Å². The van der Waals surface area contributed by atoms with E-state index in [1.165, 1.54) is 0 Å². The number of hydrogen-bond donors (Lipinski definition) is 1. The molecule has 0 fully saturated rings. The van der Waals surface area contributed by atoms with Gasteiger partial charge in [-0.05, 0) is 23.9 Å². The molecule has 14 heavy (non-hydrogen) atoms. The third-order valence-corrected chi connectivity index (χ3v) is 2.41. The zero-order chi connectivity index (χ0) is 10.1. The van der Waals surface area contributed by atoms with Crippen LogP contribution in [0.2, 0.25) is 0 Å². The van der Waals surface area contributed by atoms with Gasteiger partial charge in [0.1, 0.15) is 5.75 Å². The van der Waals surface area contributed by atoms with Crippen LogP contribution >= 0.6 is 0 Å². The van der Waals surface area contributed by atoms with Gasteiger partial charge in [0.2, 0.25) is 0 Å². The molecule has 2 aromatic carbocycles. The van der Waals surface area contributed by atoms with Crippen molar-refractivity contribution in [3.63, 3.8) is 0 Å². The minimum atomic E-state index is 0.0706. The lowest BCUT2D eigenvalue weighted by molar-refractivity contribution is 0.112. The Balaban J connectivity index is 2.90. The molecular formula is C12H10O2. The van der Waals surface area contributed by atoms with Gasteiger partial charge in [0.05, 0.1) is 5.56 Å². The third-order valence-electron chi connectivity index (χ3n) is 2.41. The van der Waals surface area contributed by atoms with Crippen LogP contribution in [-0.4, -0.2) is 11.4 Å². The van der Waals surface area contributed by atoms with Gasteiger partial charge in [0.25, 0.3) is 0 Å². The molecule has 2 heteroatoms. The second-order valence-corrected chi connectivity index (χ2v) is 3.29. The van der Waals surface area contributed by atoms with Crippen LogP contribution in [0.15, 0.2) is 30.3 Å². The molecule has 0 aliphatic heterocycles. The molecule has 1 N–H and O–H groups in total. The van der Waals surface area contributed by atoms with Crippen molar-refractivity contribution >= 4 is 17.1 Å². The van der Waals surface area contributed by atoms with E-state index < -0.39 is 0 Å². The highest BCUT2D eigenvalue weighted by Crippen LogP contribution is 2.29. The zero-order valence-electron chi connectivity index (χ0n) is 7.82. The lowest BCUT2D eigenvalue weighted by Gasteiger charge is -2.05. The fourth-order valence-electron chi connectivity index (χ4n) is 1.61. The van der Waals surface area contributed by atoms with Crippen molar-refractivity contribution in [1.29, 1.82) is 0 Å². The van der Waals surface area contributed by atoms with E-state index in [0.717, 1.165) is 16.3 Å². The number of carbonyl (C=O) groups excluding carboxylic acids is 1. The standard InChI is InChI=1S/C12H10O2/c1-8-3-2-4-11-10(8)6-5-9(7-13)12(11)14/h2-7,14H,1H3. The van der Waals surface area contributed by atoms with Crippen molar-refractivity contribution in [2.24, 2.45) is 0 Å². The molecule has 0 spiro atoms. The topological polar surface area (TPSA) is 37.3 Å². The number of hydrogen-bond acceptors (Lipinski definition) is 2. The maximum absolute atomic E-state index is 10.6. The Morgan fingerprint density at radius 3 is 2.64 bits per heavy atom. The summed E-state index contributed by atoms with van der Waals surface area (Å²) in [4.78, 5) is 10.6. The van der Waals surface area contributed by atoms with Gasteiger partial charge in [-0.1, -0.05) is 24.3 Å². The first kappa shape index (κ1) is 8.75. The van der Waals surface area contributed by atoms with E-state index in [1.807, 2.05) is 31.2 Å². The highest BCUT2D eigenvalue weighted by Gasteiger charge is 2.05. The average molecular weight is 186 g/mol. The predicted octanol–water partition coefficient (Wildman–Crippen LogP) is 2.67. The second-order valence-electron chi connectivity index (χ2n) is 3.29. The number of aryl methyl sites for hydroxylation is 1. The molecule has 0 bridgehead atoms. The van der Waals surface area contributed by atoms with E-state index >= 15 is 0 Å². The third kappa shape index (κ3) is 1.16. The fraction of sp³-hybridized carbons (Fsp3) is 0.0833. The van der Waals surface area contributed by atoms with Gasteiger partial charge in [-0.15, -0.1) is 0 Å². The van der Waals surface area contributed by atoms with E-state index in [2.05, 4.69) is 0 Å². The van der Waals surface area contributed by atoms with E-state index in [9.17, 15) is 9.90 Å². The van der Waals surface area contributed by atoms with Crippen LogP contribution in [0.3, 0.4) is 0 Å². The number of phenols is 1. The Kier molecular flexibility index (Phi) is 1.97. The van der Waals surface area contributed by atoms with E-state index in [0.29, 0.717) is 11.8 Å². The van der Waals surface area contributed by atoms with Gasteiger partial charge in [-0.2, -0.15) is 0 Å². The quantitative estimate of drug-likeness (QED) is 0.695. The first-order valence-electron chi connectivity index (χ1n) is 4.40. The first-order valence-corrected chi connectivity index (χ1v) is 4.40. The number of aromatic hydroxyl groups is 1. The Bertz CT molecular complexity index is 501. The minimum Gasteiger partial charge on any atom is -0.507 e. The second kappa shape index (κ2) is 3.14. The van der Waals surface area contributed by atoms with Gasteiger partial charge in [-0.3, -0.25) is 4.79 Å². The number of benzene rings is 2. The highest BCUT2D eigenvalue weighted by molar-refractivity contribution is 5.97. The molecular weight excluding hydrogens is 176 g/mol. The number of fused-ring (bicyclic) bond motifs is 1. The molecule has 0 aromatic heterocycles. The lowest BCUT2D eigenvalue weighted by atomic mass is 10.0. The number of rotatable bonds is 1. The summed E-state index contributed by atoms with van der Waals surface area (Å²) in [5.74, 6) is 0.0706. The molecule has 0 radical (unpaired) electrons. The summed E-state index contributed by atoms with van der Waals surface area (Å²) < 4.78 is 0. The normalized spacial score (nSPS) is 10.4. The Labute approximate surface area is 81.8 Å². The summed E-state index contributed by atoms with van der Waals surface area (Å²) >= 11 is 0. The lowest BCUT2D eigenvalue weighted by Crippen LogP contribution is -1.84. The molecule has 0 aliphatic carbocycles. The number of aldehydes is 1.